The Hall–Kier alpha value is -3.81. The molecule has 1 N–H and O–H groups in total. The number of nitrogens with one attached hydrogen (secondary N) is 1. The quantitative estimate of drug-likeness (QED) is 0.476. The van der Waals surface area contributed by atoms with Crippen LogP contribution in [0.4, 0.5) is 5.82 Å². The number of amides is 1. The fraction of sp³-hybridized carbons (Fsp3) is 0.292. The normalized spacial score (nSPS) is 15.6. The van der Waals surface area contributed by atoms with E-state index in [1.165, 1.54) is 19.0 Å². The average Bonchev–Trinajstić information content (AvgIpc) is 3.77. The highest BCUT2D eigenvalue weighted by Crippen LogP contribution is 2.32. The van der Waals surface area contributed by atoms with Crippen LogP contribution in [0.5, 0.6) is 0 Å². The van der Waals surface area contributed by atoms with Crippen molar-refractivity contribution >= 4 is 22.6 Å². The van der Waals surface area contributed by atoms with Crippen LogP contribution in [0.3, 0.4) is 0 Å². The molecule has 0 spiro atoms. The molecule has 0 radical (unpaired) electrons. The molecule has 0 saturated heterocycles. The lowest BCUT2D eigenvalue weighted by Crippen LogP contribution is -2.32. The maximum Gasteiger partial charge on any atom is 0.293 e. The SMILES string of the molecule is O=C(c1ccno1)N(Cc1cc(-c2ccc3ncnc(NC4CC4)c3c2)ccn1)C1CC1. The molecular weight excluding hydrogens is 404 g/mol. The summed E-state index contributed by atoms with van der Waals surface area (Å²) >= 11 is 0. The van der Waals surface area contributed by atoms with Crippen molar-refractivity contribution in [2.75, 3.05) is 5.32 Å². The van der Waals surface area contributed by atoms with Crippen molar-refractivity contribution in [3.8, 4) is 11.1 Å². The summed E-state index contributed by atoms with van der Waals surface area (Å²) in [5, 5.41) is 8.17. The Labute approximate surface area is 184 Å². The van der Waals surface area contributed by atoms with E-state index < -0.39 is 0 Å². The van der Waals surface area contributed by atoms with E-state index in [0.29, 0.717) is 12.6 Å². The van der Waals surface area contributed by atoms with Gasteiger partial charge >= 0.3 is 0 Å². The van der Waals surface area contributed by atoms with Crippen molar-refractivity contribution in [3.05, 3.63) is 66.6 Å². The van der Waals surface area contributed by atoms with Gasteiger partial charge in [-0.05, 0) is 61.1 Å². The smallest absolute Gasteiger partial charge is 0.293 e. The third-order valence-electron chi connectivity index (χ3n) is 5.93. The highest BCUT2D eigenvalue weighted by molar-refractivity contribution is 5.93. The van der Waals surface area contributed by atoms with Gasteiger partial charge in [0.2, 0.25) is 5.76 Å². The van der Waals surface area contributed by atoms with E-state index in [-0.39, 0.29) is 17.7 Å². The number of hydrogen-bond donors (Lipinski definition) is 1. The summed E-state index contributed by atoms with van der Waals surface area (Å²) in [7, 11) is 0. The fourth-order valence-corrected chi connectivity index (χ4v) is 3.91. The molecule has 160 valence electrons. The Morgan fingerprint density at radius 1 is 1.00 bits per heavy atom. The number of fused-ring (bicyclic) bond motifs is 1. The van der Waals surface area contributed by atoms with Crippen LogP contribution in [-0.4, -0.2) is 43.0 Å². The second kappa shape index (κ2) is 7.71. The molecule has 6 rings (SSSR count). The third-order valence-corrected chi connectivity index (χ3v) is 5.93. The van der Waals surface area contributed by atoms with Gasteiger partial charge in [0.1, 0.15) is 12.1 Å². The molecule has 2 fully saturated rings. The molecule has 2 saturated carbocycles. The van der Waals surface area contributed by atoms with Gasteiger partial charge in [0.05, 0.1) is 24.0 Å². The average molecular weight is 426 g/mol. The second-order valence-electron chi connectivity index (χ2n) is 8.45. The van der Waals surface area contributed by atoms with Crippen LogP contribution in [0.2, 0.25) is 0 Å². The van der Waals surface area contributed by atoms with Gasteiger partial charge in [-0.3, -0.25) is 9.78 Å². The molecule has 32 heavy (non-hydrogen) atoms. The topological polar surface area (TPSA) is 97.0 Å². The number of hydrogen-bond acceptors (Lipinski definition) is 7. The maximum absolute atomic E-state index is 12.9. The van der Waals surface area contributed by atoms with E-state index in [9.17, 15) is 4.79 Å². The number of aromatic nitrogens is 4. The Morgan fingerprint density at radius 2 is 1.88 bits per heavy atom. The van der Waals surface area contributed by atoms with Crippen molar-refractivity contribution in [2.24, 2.45) is 0 Å². The zero-order valence-electron chi connectivity index (χ0n) is 17.4. The predicted molar refractivity (Wildman–Crippen MR) is 119 cm³/mol. The van der Waals surface area contributed by atoms with Gasteiger partial charge in [0, 0.05) is 29.7 Å². The minimum atomic E-state index is -0.143. The molecule has 8 heteroatoms. The Balaban J connectivity index is 1.30. The summed E-state index contributed by atoms with van der Waals surface area (Å²) in [5.74, 6) is 1.00. The minimum absolute atomic E-state index is 0.143. The van der Waals surface area contributed by atoms with Gasteiger partial charge < -0.3 is 14.7 Å². The molecule has 4 aromatic rings. The van der Waals surface area contributed by atoms with Gasteiger partial charge in [-0.15, -0.1) is 0 Å². The second-order valence-corrected chi connectivity index (χ2v) is 8.45. The zero-order valence-corrected chi connectivity index (χ0v) is 17.4. The summed E-state index contributed by atoms with van der Waals surface area (Å²) in [6.07, 6.45) is 9.26. The number of nitrogens with zero attached hydrogens (tertiary/aromatic N) is 5. The van der Waals surface area contributed by atoms with Gasteiger partial charge in [0.15, 0.2) is 0 Å². The minimum Gasteiger partial charge on any atom is -0.367 e. The molecular formula is C24H22N6O2. The van der Waals surface area contributed by atoms with Crippen molar-refractivity contribution in [3.63, 3.8) is 0 Å². The molecule has 1 aromatic carbocycles. The highest BCUT2D eigenvalue weighted by atomic mass is 16.5. The molecule has 3 aromatic heterocycles. The third kappa shape index (κ3) is 3.79. The van der Waals surface area contributed by atoms with Gasteiger partial charge in [-0.25, -0.2) is 9.97 Å². The van der Waals surface area contributed by atoms with E-state index >= 15 is 0 Å². The van der Waals surface area contributed by atoms with Crippen molar-refractivity contribution in [2.45, 2.75) is 44.3 Å². The van der Waals surface area contributed by atoms with Crippen LogP contribution in [-0.2, 0) is 6.54 Å². The number of carbonyl (C=O) groups excluding carboxylic acids is 1. The Kier molecular flexibility index (Phi) is 4.56. The Bertz CT molecular complexity index is 1280. The maximum atomic E-state index is 12.9. The lowest BCUT2D eigenvalue weighted by molar-refractivity contribution is 0.0685. The number of benzene rings is 1. The molecule has 0 atom stereocenters. The van der Waals surface area contributed by atoms with Crippen molar-refractivity contribution in [1.82, 2.24) is 25.0 Å². The molecule has 2 aliphatic rings. The lowest BCUT2D eigenvalue weighted by atomic mass is 10.0. The van der Waals surface area contributed by atoms with Crippen molar-refractivity contribution in [1.29, 1.82) is 0 Å². The van der Waals surface area contributed by atoms with Gasteiger partial charge in [-0.1, -0.05) is 11.2 Å². The molecule has 0 unspecified atom stereocenters. The standard InChI is InChI=1S/C24H22N6O2/c31-24(22-8-10-28-32-22)30(19-4-5-19)13-18-11-16(7-9-25-18)15-1-6-21-20(12-15)23(27-14-26-21)29-17-2-3-17/h1,6-12,14,17,19H,2-5,13H2,(H,26,27,29). The predicted octanol–water partition coefficient (Wildman–Crippen LogP) is 4.06. The van der Waals surface area contributed by atoms with Crippen LogP contribution >= 0.6 is 0 Å². The Morgan fingerprint density at radius 3 is 2.66 bits per heavy atom. The molecule has 2 aliphatic carbocycles. The van der Waals surface area contributed by atoms with Crippen LogP contribution in [0.1, 0.15) is 41.9 Å². The molecule has 1 amide bonds. The molecule has 8 nitrogen and oxygen atoms in total. The van der Waals surface area contributed by atoms with Crippen LogP contribution in [0.15, 0.2) is 59.6 Å². The summed E-state index contributed by atoms with van der Waals surface area (Å²) in [6.45, 7) is 0.434. The van der Waals surface area contributed by atoms with E-state index in [1.807, 2.05) is 23.1 Å². The zero-order chi connectivity index (χ0) is 21.5. The van der Waals surface area contributed by atoms with Crippen molar-refractivity contribution < 1.29 is 9.32 Å². The monoisotopic (exact) mass is 426 g/mol. The summed E-state index contributed by atoms with van der Waals surface area (Å²) in [4.78, 5) is 28.1. The van der Waals surface area contributed by atoms with E-state index in [2.05, 4.69) is 37.6 Å². The first kappa shape index (κ1) is 18.9. The van der Waals surface area contributed by atoms with Gasteiger partial charge in [-0.2, -0.15) is 0 Å². The molecule has 3 heterocycles. The van der Waals surface area contributed by atoms with Gasteiger partial charge in [0.25, 0.3) is 5.91 Å². The number of rotatable bonds is 7. The molecule has 0 bridgehead atoms. The number of anilines is 1. The first-order valence-electron chi connectivity index (χ1n) is 10.9. The van der Waals surface area contributed by atoms with Crippen LogP contribution in [0, 0.1) is 0 Å². The number of carbonyl (C=O) groups is 1. The summed E-state index contributed by atoms with van der Waals surface area (Å²) in [6, 6.07) is 12.6. The first-order valence-corrected chi connectivity index (χ1v) is 10.9. The summed E-state index contributed by atoms with van der Waals surface area (Å²) in [5.41, 5.74) is 3.86. The summed E-state index contributed by atoms with van der Waals surface area (Å²) < 4.78 is 5.09. The molecule has 0 aliphatic heterocycles. The number of pyridine rings is 1. The lowest BCUT2D eigenvalue weighted by Gasteiger charge is -2.21. The highest BCUT2D eigenvalue weighted by Gasteiger charge is 2.34. The van der Waals surface area contributed by atoms with Crippen LogP contribution < -0.4 is 5.32 Å². The van der Waals surface area contributed by atoms with E-state index in [1.54, 1.807) is 18.6 Å². The van der Waals surface area contributed by atoms with E-state index in [0.717, 1.165) is 46.4 Å². The first-order chi connectivity index (χ1) is 15.7. The van der Waals surface area contributed by atoms with E-state index in [4.69, 9.17) is 4.52 Å². The largest absolute Gasteiger partial charge is 0.367 e. The fourth-order valence-electron chi connectivity index (χ4n) is 3.91. The van der Waals surface area contributed by atoms with Crippen LogP contribution in [0.25, 0.3) is 22.0 Å².